The molecule has 4 fully saturated rings. The highest BCUT2D eigenvalue weighted by molar-refractivity contribution is 5.90. The third kappa shape index (κ3) is 4.61. The predicted molar refractivity (Wildman–Crippen MR) is 122 cm³/mol. The Kier molecular flexibility index (Phi) is 6.32. The molecule has 0 saturated heterocycles. The lowest BCUT2D eigenvalue weighted by molar-refractivity contribution is -0.149. The lowest BCUT2D eigenvalue weighted by Gasteiger charge is -2.55. The number of aryl methyl sites for hydroxylation is 1. The van der Waals surface area contributed by atoms with E-state index in [1.165, 1.54) is 24.8 Å². The van der Waals surface area contributed by atoms with E-state index in [1.807, 2.05) is 26.0 Å². The Morgan fingerprint density at radius 3 is 2.26 bits per heavy atom. The highest BCUT2D eigenvalue weighted by atomic mass is 16.5. The van der Waals surface area contributed by atoms with Crippen LogP contribution in [0.3, 0.4) is 0 Å². The van der Waals surface area contributed by atoms with Gasteiger partial charge in [0.05, 0.1) is 7.11 Å². The van der Waals surface area contributed by atoms with Gasteiger partial charge < -0.3 is 15.4 Å². The molecule has 4 aliphatic rings. The van der Waals surface area contributed by atoms with E-state index in [4.69, 9.17) is 4.74 Å². The van der Waals surface area contributed by atoms with Crippen LogP contribution in [0.15, 0.2) is 18.2 Å². The first-order valence-corrected chi connectivity index (χ1v) is 12.0. The summed E-state index contributed by atoms with van der Waals surface area (Å²) in [4.78, 5) is 26.4. The van der Waals surface area contributed by atoms with Gasteiger partial charge in [-0.2, -0.15) is 0 Å². The van der Waals surface area contributed by atoms with Gasteiger partial charge in [0.2, 0.25) is 11.8 Å². The fraction of sp³-hybridized carbons (Fsp3) is 0.692. The van der Waals surface area contributed by atoms with Crippen molar-refractivity contribution in [2.75, 3.05) is 13.7 Å². The van der Waals surface area contributed by atoms with E-state index in [2.05, 4.69) is 23.6 Å². The van der Waals surface area contributed by atoms with Crippen molar-refractivity contribution >= 4 is 11.8 Å². The van der Waals surface area contributed by atoms with Crippen molar-refractivity contribution in [3.63, 3.8) is 0 Å². The smallest absolute Gasteiger partial charge is 0.242 e. The monoisotopic (exact) mass is 426 g/mol. The minimum Gasteiger partial charge on any atom is -0.496 e. The predicted octanol–water partition coefficient (Wildman–Crippen LogP) is 4.02. The molecule has 0 aromatic heterocycles. The minimum atomic E-state index is -0.486. The lowest BCUT2D eigenvalue weighted by atomic mass is 9.49. The number of nitrogens with one attached hydrogen (secondary N) is 2. The molecule has 5 nitrogen and oxygen atoms in total. The van der Waals surface area contributed by atoms with E-state index in [1.54, 1.807) is 7.11 Å². The molecule has 2 amide bonds. The Bertz CT molecular complexity index is 797. The molecule has 1 aromatic rings. The molecule has 5 heteroatoms. The first-order valence-electron chi connectivity index (χ1n) is 12.0. The Hall–Kier alpha value is -2.04. The van der Waals surface area contributed by atoms with Gasteiger partial charge in [-0.3, -0.25) is 9.59 Å². The second-order valence-electron chi connectivity index (χ2n) is 10.7. The summed E-state index contributed by atoms with van der Waals surface area (Å²) in [6, 6.07) is 5.60. The van der Waals surface area contributed by atoms with E-state index in [9.17, 15) is 9.59 Å². The molecule has 1 aromatic carbocycles. The third-order valence-electron chi connectivity index (χ3n) is 7.89. The van der Waals surface area contributed by atoms with Gasteiger partial charge in [-0.25, -0.2) is 0 Å². The zero-order valence-corrected chi connectivity index (χ0v) is 19.5. The Morgan fingerprint density at radius 2 is 1.71 bits per heavy atom. The number of benzene rings is 1. The summed E-state index contributed by atoms with van der Waals surface area (Å²) in [5.41, 5.74) is 2.03. The normalized spacial score (nSPS) is 29.6. The van der Waals surface area contributed by atoms with Crippen LogP contribution in [-0.4, -0.2) is 31.5 Å². The van der Waals surface area contributed by atoms with Gasteiger partial charge in [0, 0.05) is 12.0 Å². The maximum absolute atomic E-state index is 13.4. The van der Waals surface area contributed by atoms with Crippen LogP contribution in [0.2, 0.25) is 0 Å². The Morgan fingerprint density at radius 1 is 1.10 bits per heavy atom. The van der Waals surface area contributed by atoms with Crippen molar-refractivity contribution in [3.8, 4) is 5.75 Å². The number of ether oxygens (including phenoxy) is 1. The van der Waals surface area contributed by atoms with E-state index in [-0.39, 0.29) is 23.1 Å². The first-order chi connectivity index (χ1) is 14.8. The van der Waals surface area contributed by atoms with Gasteiger partial charge in [0.1, 0.15) is 11.8 Å². The molecule has 0 aliphatic heterocycles. The first kappa shape index (κ1) is 22.2. The minimum absolute atomic E-state index is 0.0476. The zero-order chi connectivity index (χ0) is 22.2. The van der Waals surface area contributed by atoms with Crippen LogP contribution in [0.4, 0.5) is 0 Å². The van der Waals surface area contributed by atoms with E-state index >= 15 is 0 Å². The summed E-state index contributed by atoms with van der Waals surface area (Å²) in [6.07, 6.45) is 7.68. The summed E-state index contributed by atoms with van der Waals surface area (Å²) < 4.78 is 5.44. The SMILES string of the molecule is COc1ccc(C)cc1CCNC(=O)[C@H](NC(=O)C12CC3CC(CC(C3)C1)C2)C(C)C. The molecule has 0 heterocycles. The van der Waals surface area contributed by atoms with Gasteiger partial charge in [-0.15, -0.1) is 0 Å². The topological polar surface area (TPSA) is 67.4 Å². The molecule has 170 valence electrons. The van der Waals surface area contributed by atoms with Crippen LogP contribution in [-0.2, 0) is 16.0 Å². The van der Waals surface area contributed by atoms with Crippen LogP contribution in [0.25, 0.3) is 0 Å². The third-order valence-corrected chi connectivity index (χ3v) is 7.89. The van der Waals surface area contributed by atoms with E-state index < -0.39 is 6.04 Å². The van der Waals surface area contributed by atoms with Gasteiger partial charge in [-0.05, 0) is 87.2 Å². The Labute approximate surface area is 186 Å². The molecular formula is C26H38N2O3. The summed E-state index contributed by atoms with van der Waals surface area (Å²) in [6.45, 7) is 6.59. The number of methoxy groups -OCH3 is 1. The molecule has 2 N–H and O–H groups in total. The van der Waals surface area contributed by atoms with Gasteiger partial charge in [0.15, 0.2) is 0 Å². The number of carbonyl (C=O) groups is 2. The highest BCUT2D eigenvalue weighted by Crippen LogP contribution is 2.60. The molecule has 0 radical (unpaired) electrons. The van der Waals surface area contributed by atoms with Gasteiger partial charge >= 0.3 is 0 Å². The molecular weight excluding hydrogens is 388 g/mol. The van der Waals surface area contributed by atoms with E-state index in [0.717, 1.165) is 30.6 Å². The molecule has 4 bridgehead atoms. The van der Waals surface area contributed by atoms with Gasteiger partial charge in [-0.1, -0.05) is 31.5 Å². The summed E-state index contributed by atoms with van der Waals surface area (Å²) in [5, 5.41) is 6.23. The highest BCUT2D eigenvalue weighted by Gasteiger charge is 2.55. The molecule has 1 atom stereocenters. The van der Waals surface area contributed by atoms with Crippen molar-refractivity contribution in [3.05, 3.63) is 29.3 Å². The van der Waals surface area contributed by atoms with Crippen molar-refractivity contribution in [2.24, 2.45) is 29.1 Å². The average Bonchev–Trinajstić information content (AvgIpc) is 2.70. The molecule has 0 unspecified atom stereocenters. The van der Waals surface area contributed by atoms with Crippen molar-refractivity contribution in [2.45, 2.75) is 71.8 Å². The fourth-order valence-electron chi connectivity index (χ4n) is 6.75. The fourth-order valence-corrected chi connectivity index (χ4v) is 6.75. The second-order valence-corrected chi connectivity index (χ2v) is 10.7. The Balaban J connectivity index is 1.36. The number of carbonyl (C=O) groups excluding carboxylic acids is 2. The summed E-state index contributed by atoms with van der Waals surface area (Å²) in [5.74, 6) is 3.08. The zero-order valence-electron chi connectivity index (χ0n) is 19.5. The molecule has 4 aliphatic carbocycles. The van der Waals surface area contributed by atoms with Crippen molar-refractivity contribution in [1.82, 2.24) is 10.6 Å². The maximum Gasteiger partial charge on any atom is 0.242 e. The van der Waals surface area contributed by atoms with Gasteiger partial charge in [0.25, 0.3) is 0 Å². The quantitative estimate of drug-likeness (QED) is 0.660. The summed E-state index contributed by atoms with van der Waals surface area (Å²) in [7, 11) is 1.67. The lowest BCUT2D eigenvalue weighted by Crippen LogP contribution is -2.58. The van der Waals surface area contributed by atoms with Crippen LogP contribution in [0.1, 0.15) is 63.5 Å². The number of hydrogen-bond acceptors (Lipinski definition) is 3. The molecule has 5 rings (SSSR count). The standard InChI is InChI=1S/C26H38N2O3/c1-16(2)23(24(29)27-8-7-21-9-17(3)5-6-22(21)31-4)28-25(30)26-13-18-10-19(14-26)12-20(11-18)15-26/h5-6,9,16,18-20,23H,7-8,10-15H2,1-4H3,(H,27,29)(H,28,30)/t18?,19?,20?,23-,26?/m1/s1. The maximum atomic E-state index is 13.4. The summed E-state index contributed by atoms with van der Waals surface area (Å²) >= 11 is 0. The molecule has 31 heavy (non-hydrogen) atoms. The number of amides is 2. The van der Waals surface area contributed by atoms with Crippen molar-refractivity contribution in [1.29, 1.82) is 0 Å². The second kappa shape index (κ2) is 8.84. The van der Waals surface area contributed by atoms with Crippen molar-refractivity contribution < 1.29 is 14.3 Å². The molecule has 4 saturated carbocycles. The average molecular weight is 427 g/mol. The van der Waals surface area contributed by atoms with Crippen LogP contribution in [0.5, 0.6) is 5.75 Å². The van der Waals surface area contributed by atoms with E-state index in [0.29, 0.717) is 30.7 Å². The molecule has 0 spiro atoms. The van der Waals surface area contributed by atoms with Crippen LogP contribution < -0.4 is 15.4 Å². The number of rotatable bonds is 8. The number of hydrogen-bond donors (Lipinski definition) is 2. The van der Waals surface area contributed by atoms with Crippen LogP contribution >= 0.6 is 0 Å². The van der Waals surface area contributed by atoms with Crippen LogP contribution in [0, 0.1) is 36.0 Å². The largest absolute Gasteiger partial charge is 0.496 e.